The van der Waals surface area contributed by atoms with Gasteiger partial charge >= 0.3 is 0 Å². The van der Waals surface area contributed by atoms with Crippen molar-refractivity contribution < 1.29 is 9.18 Å². The van der Waals surface area contributed by atoms with E-state index in [0.29, 0.717) is 12.5 Å². The third kappa shape index (κ3) is 4.86. The van der Waals surface area contributed by atoms with E-state index in [4.69, 9.17) is 0 Å². The number of aryl methyl sites for hydroxylation is 1. The second-order valence-corrected chi connectivity index (χ2v) is 5.13. The van der Waals surface area contributed by atoms with Crippen molar-refractivity contribution in [3.05, 3.63) is 35.1 Å². The van der Waals surface area contributed by atoms with E-state index in [-0.39, 0.29) is 11.5 Å². The molecule has 0 atom stereocenters. The number of hydrogen-bond donors (Lipinski definition) is 1. The smallest absolute Gasteiger partial charge is 0.254 e. The van der Waals surface area contributed by atoms with Crippen LogP contribution in [-0.2, 0) is 0 Å². The first-order valence-corrected chi connectivity index (χ1v) is 6.55. The largest absolute Gasteiger partial charge is 0.352 e. The van der Waals surface area contributed by atoms with Gasteiger partial charge in [0, 0.05) is 6.54 Å². The lowest BCUT2D eigenvalue weighted by molar-refractivity contribution is 0.0948. The van der Waals surface area contributed by atoms with Gasteiger partial charge in [0.2, 0.25) is 0 Å². The summed E-state index contributed by atoms with van der Waals surface area (Å²) in [5.41, 5.74) is 1.03. The Kier molecular flexibility index (Phi) is 5.83. The monoisotopic (exact) mass is 251 g/mol. The Balaban J connectivity index is 2.39. The van der Waals surface area contributed by atoms with Gasteiger partial charge in [0.25, 0.3) is 5.91 Å². The molecule has 0 aliphatic rings. The fraction of sp³-hybridized carbons (Fsp3) is 0.533. The van der Waals surface area contributed by atoms with Gasteiger partial charge in [0.15, 0.2) is 0 Å². The molecule has 1 aromatic carbocycles. The first kappa shape index (κ1) is 14.7. The van der Waals surface area contributed by atoms with Gasteiger partial charge in [0.05, 0.1) is 5.56 Å². The zero-order valence-corrected chi connectivity index (χ0v) is 11.4. The average Bonchev–Trinajstić information content (AvgIpc) is 2.31. The molecular weight excluding hydrogens is 229 g/mol. The maximum absolute atomic E-state index is 13.4. The van der Waals surface area contributed by atoms with Crippen molar-refractivity contribution in [1.82, 2.24) is 5.32 Å². The van der Waals surface area contributed by atoms with Crippen LogP contribution in [0.1, 0.15) is 49.0 Å². The van der Waals surface area contributed by atoms with Gasteiger partial charge in [0.1, 0.15) is 5.82 Å². The van der Waals surface area contributed by atoms with Gasteiger partial charge < -0.3 is 5.32 Å². The van der Waals surface area contributed by atoms with E-state index in [1.807, 2.05) is 6.92 Å². The summed E-state index contributed by atoms with van der Waals surface area (Å²) in [6, 6.07) is 4.58. The second-order valence-electron chi connectivity index (χ2n) is 5.13. The molecule has 100 valence electrons. The molecule has 0 fully saturated rings. The quantitative estimate of drug-likeness (QED) is 0.768. The number of benzene rings is 1. The van der Waals surface area contributed by atoms with E-state index in [2.05, 4.69) is 19.2 Å². The minimum Gasteiger partial charge on any atom is -0.352 e. The summed E-state index contributed by atoms with van der Waals surface area (Å²) in [6.45, 7) is 6.82. The van der Waals surface area contributed by atoms with Crippen LogP contribution < -0.4 is 5.32 Å². The molecule has 0 saturated heterocycles. The topological polar surface area (TPSA) is 29.1 Å². The molecule has 0 aliphatic carbocycles. The molecule has 0 aromatic heterocycles. The minimum absolute atomic E-state index is 0.138. The van der Waals surface area contributed by atoms with E-state index in [0.717, 1.165) is 24.8 Å². The Morgan fingerprint density at radius 3 is 2.72 bits per heavy atom. The van der Waals surface area contributed by atoms with Gasteiger partial charge in [-0.2, -0.15) is 0 Å². The van der Waals surface area contributed by atoms with Crippen LogP contribution in [0.3, 0.4) is 0 Å². The molecule has 1 N–H and O–H groups in total. The summed E-state index contributed by atoms with van der Waals surface area (Å²) in [5.74, 6) is -0.0871. The van der Waals surface area contributed by atoms with Crippen LogP contribution in [0.15, 0.2) is 18.2 Å². The predicted molar refractivity (Wildman–Crippen MR) is 72.2 cm³/mol. The van der Waals surface area contributed by atoms with Crippen molar-refractivity contribution in [2.45, 2.75) is 40.0 Å². The zero-order valence-electron chi connectivity index (χ0n) is 11.4. The number of unbranched alkanes of at least 4 members (excludes halogenated alkanes) is 1. The van der Waals surface area contributed by atoms with Gasteiger partial charge in [-0.05, 0) is 31.4 Å². The van der Waals surface area contributed by atoms with Gasteiger partial charge in [-0.15, -0.1) is 0 Å². The van der Waals surface area contributed by atoms with Crippen molar-refractivity contribution >= 4 is 5.91 Å². The molecule has 1 amide bonds. The number of nitrogens with one attached hydrogen (secondary N) is 1. The minimum atomic E-state index is -0.458. The average molecular weight is 251 g/mol. The van der Waals surface area contributed by atoms with Crippen molar-refractivity contribution in [1.29, 1.82) is 0 Å². The molecule has 2 nitrogen and oxygen atoms in total. The van der Waals surface area contributed by atoms with Gasteiger partial charge in [-0.1, -0.05) is 38.3 Å². The van der Waals surface area contributed by atoms with E-state index in [1.165, 1.54) is 6.07 Å². The molecule has 0 radical (unpaired) electrons. The van der Waals surface area contributed by atoms with Crippen molar-refractivity contribution in [3.8, 4) is 0 Å². The van der Waals surface area contributed by atoms with Crippen LogP contribution in [0.4, 0.5) is 4.39 Å². The zero-order chi connectivity index (χ0) is 13.5. The number of rotatable bonds is 6. The molecule has 0 bridgehead atoms. The molecule has 0 heterocycles. The van der Waals surface area contributed by atoms with Crippen LogP contribution in [0.5, 0.6) is 0 Å². The SMILES string of the molecule is Cc1ccc(F)c(C(=O)NCCCCC(C)C)c1. The molecular formula is C15H22FNO. The highest BCUT2D eigenvalue weighted by molar-refractivity contribution is 5.94. The Hall–Kier alpha value is -1.38. The maximum Gasteiger partial charge on any atom is 0.254 e. The number of carbonyl (C=O) groups is 1. The predicted octanol–water partition coefficient (Wildman–Crippen LogP) is 3.69. The van der Waals surface area contributed by atoms with E-state index >= 15 is 0 Å². The normalized spacial score (nSPS) is 10.7. The maximum atomic E-state index is 13.4. The Labute approximate surface area is 109 Å². The summed E-state index contributed by atoms with van der Waals surface area (Å²) >= 11 is 0. The summed E-state index contributed by atoms with van der Waals surface area (Å²) < 4.78 is 13.4. The number of carbonyl (C=O) groups excluding carboxylic acids is 1. The highest BCUT2D eigenvalue weighted by Gasteiger charge is 2.10. The standard InChI is InChI=1S/C15H22FNO/c1-11(2)6-4-5-9-17-15(18)13-10-12(3)7-8-14(13)16/h7-8,10-11H,4-6,9H2,1-3H3,(H,17,18). The van der Waals surface area contributed by atoms with Crippen molar-refractivity contribution in [2.75, 3.05) is 6.54 Å². The fourth-order valence-corrected chi connectivity index (χ4v) is 1.79. The lowest BCUT2D eigenvalue weighted by Gasteiger charge is -2.07. The number of amides is 1. The van der Waals surface area contributed by atoms with Crippen molar-refractivity contribution in [3.63, 3.8) is 0 Å². The molecule has 1 aromatic rings. The molecule has 3 heteroatoms. The third-order valence-corrected chi connectivity index (χ3v) is 2.86. The summed E-state index contributed by atoms with van der Waals surface area (Å²) in [6.07, 6.45) is 3.19. The van der Waals surface area contributed by atoms with Gasteiger partial charge in [-0.25, -0.2) is 4.39 Å². The molecule has 18 heavy (non-hydrogen) atoms. The summed E-state index contributed by atoms with van der Waals surface area (Å²) in [4.78, 5) is 11.8. The Bertz CT molecular complexity index is 401. The summed E-state index contributed by atoms with van der Waals surface area (Å²) in [5, 5.41) is 2.76. The van der Waals surface area contributed by atoms with Crippen molar-refractivity contribution in [2.24, 2.45) is 5.92 Å². The Morgan fingerprint density at radius 1 is 1.33 bits per heavy atom. The molecule has 0 unspecified atom stereocenters. The molecule has 0 spiro atoms. The highest BCUT2D eigenvalue weighted by atomic mass is 19.1. The third-order valence-electron chi connectivity index (χ3n) is 2.86. The molecule has 0 aliphatic heterocycles. The van der Waals surface area contributed by atoms with E-state index in [1.54, 1.807) is 12.1 Å². The van der Waals surface area contributed by atoms with Crippen LogP contribution in [0, 0.1) is 18.7 Å². The van der Waals surface area contributed by atoms with Crippen LogP contribution >= 0.6 is 0 Å². The van der Waals surface area contributed by atoms with E-state index < -0.39 is 5.82 Å². The number of halogens is 1. The van der Waals surface area contributed by atoms with Crippen LogP contribution in [0.25, 0.3) is 0 Å². The summed E-state index contributed by atoms with van der Waals surface area (Å²) in [7, 11) is 0. The van der Waals surface area contributed by atoms with Gasteiger partial charge in [-0.3, -0.25) is 4.79 Å². The van der Waals surface area contributed by atoms with Crippen LogP contribution in [0.2, 0.25) is 0 Å². The highest BCUT2D eigenvalue weighted by Crippen LogP contribution is 2.10. The first-order chi connectivity index (χ1) is 8.50. The first-order valence-electron chi connectivity index (χ1n) is 6.55. The Morgan fingerprint density at radius 2 is 2.06 bits per heavy atom. The van der Waals surface area contributed by atoms with Crippen LogP contribution in [-0.4, -0.2) is 12.5 Å². The lowest BCUT2D eigenvalue weighted by atomic mass is 10.1. The molecule has 0 saturated carbocycles. The number of hydrogen-bond acceptors (Lipinski definition) is 1. The molecule has 1 rings (SSSR count). The fourth-order valence-electron chi connectivity index (χ4n) is 1.79. The second kappa shape index (κ2) is 7.14. The van der Waals surface area contributed by atoms with E-state index in [9.17, 15) is 9.18 Å². The lowest BCUT2D eigenvalue weighted by Crippen LogP contribution is -2.25.